The van der Waals surface area contributed by atoms with E-state index >= 15 is 0 Å². The largest absolute Gasteiger partial charge is 0.355 e. The zero-order valence-electron chi connectivity index (χ0n) is 10.2. The predicted molar refractivity (Wildman–Crippen MR) is 73.0 cm³/mol. The molecule has 1 N–H and O–H groups in total. The lowest BCUT2D eigenvalue weighted by Crippen LogP contribution is -2.06. The third-order valence-corrected chi connectivity index (χ3v) is 2.98. The molecule has 0 aliphatic rings. The normalized spacial score (nSPS) is 10.7. The third kappa shape index (κ3) is 2.53. The molecule has 0 radical (unpaired) electrons. The minimum atomic E-state index is -0.296. The van der Waals surface area contributed by atoms with Crippen molar-refractivity contribution in [3.8, 4) is 11.4 Å². The summed E-state index contributed by atoms with van der Waals surface area (Å²) < 4.78 is 16.0. The van der Waals surface area contributed by atoms with Gasteiger partial charge < -0.3 is 5.32 Å². The molecular formula is C12H14BrFN4. The average Bonchev–Trinajstić information content (AvgIpc) is 2.71. The molecule has 2 aromatic rings. The van der Waals surface area contributed by atoms with Crippen molar-refractivity contribution in [3.05, 3.63) is 28.5 Å². The Bertz CT molecular complexity index is 533. The second-order valence-electron chi connectivity index (χ2n) is 3.78. The van der Waals surface area contributed by atoms with Crippen molar-refractivity contribution in [2.24, 2.45) is 0 Å². The van der Waals surface area contributed by atoms with E-state index in [1.54, 1.807) is 0 Å². The number of hydrogen-bond acceptors (Lipinski definition) is 3. The van der Waals surface area contributed by atoms with Crippen molar-refractivity contribution in [3.63, 3.8) is 0 Å². The lowest BCUT2D eigenvalue weighted by atomic mass is 10.2. The van der Waals surface area contributed by atoms with Crippen molar-refractivity contribution in [1.29, 1.82) is 0 Å². The Morgan fingerprint density at radius 2 is 2.06 bits per heavy atom. The lowest BCUT2D eigenvalue weighted by Gasteiger charge is -2.08. The number of halogens is 2. The van der Waals surface area contributed by atoms with Crippen molar-refractivity contribution < 1.29 is 4.39 Å². The first kappa shape index (κ1) is 13.0. The summed E-state index contributed by atoms with van der Waals surface area (Å²) in [6.45, 7) is 5.49. The fourth-order valence-electron chi connectivity index (χ4n) is 1.79. The fraction of sp³-hybridized carbons (Fsp3) is 0.333. The molecule has 0 unspecified atom stereocenters. The molecule has 1 heterocycles. The van der Waals surface area contributed by atoms with Gasteiger partial charge >= 0.3 is 0 Å². The maximum atomic E-state index is 13.4. The highest BCUT2D eigenvalue weighted by atomic mass is 79.9. The van der Waals surface area contributed by atoms with Crippen LogP contribution in [0.2, 0.25) is 0 Å². The van der Waals surface area contributed by atoms with Crippen LogP contribution >= 0.6 is 15.9 Å². The van der Waals surface area contributed by atoms with E-state index in [9.17, 15) is 4.39 Å². The van der Waals surface area contributed by atoms with Crippen LogP contribution in [0.15, 0.2) is 22.7 Å². The molecule has 6 heteroatoms. The highest BCUT2D eigenvalue weighted by molar-refractivity contribution is 9.10. The summed E-state index contributed by atoms with van der Waals surface area (Å²) in [6.07, 6.45) is 0. The molecule has 96 valence electrons. The summed E-state index contributed by atoms with van der Waals surface area (Å²) >= 11 is 3.28. The van der Waals surface area contributed by atoms with Gasteiger partial charge in [-0.2, -0.15) is 0 Å². The van der Waals surface area contributed by atoms with Crippen LogP contribution < -0.4 is 5.32 Å². The molecule has 0 bridgehead atoms. The SMILES string of the molecule is CCNc1nnc(-c2cc(F)cc(Br)c2)n1CC. The van der Waals surface area contributed by atoms with Crippen LogP contribution in [0.5, 0.6) is 0 Å². The number of aromatic nitrogens is 3. The molecule has 0 saturated heterocycles. The number of rotatable bonds is 4. The molecule has 18 heavy (non-hydrogen) atoms. The molecule has 1 aromatic heterocycles. The molecule has 0 amide bonds. The van der Waals surface area contributed by atoms with Crippen LogP contribution in [-0.4, -0.2) is 21.3 Å². The Balaban J connectivity index is 2.49. The summed E-state index contributed by atoms with van der Waals surface area (Å²) in [5.74, 6) is 1.07. The lowest BCUT2D eigenvalue weighted by molar-refractivity contribution is 0.627. The van der Waals surface area contributed by atoms with Gasteiger partial charge in [-0.3, -0.25) is 4.57 Å². The van der Waals surface area contributed by atoms with Crippen molar-refractivity contribution in [1.82, 2.24) is 14.8 Å². The second-order valence-corrected chi connectivity index (χ2v) is 4.70. The molecular weight excluding hydrogens is 299 g/mol. The summed E-state index contributed by atoms with van der Waals surface area (Å²) in [7, 11) is 0. The number of hydrogen-bond donors (Lipinski definition) is 1. The third-order valence-electron chi connectivity index (χ3n) is 2.52. The zero-order valence-corrected chi connectivity index (χ0v) is 11.8. The van der Waals surface area contributed by atoms with Gasteiger partial charge in [-0.15, -0.1) is 10.2 Å². The average molecular weight is 313 g/mol. The Kier molecular flexibility index (Phi) is 3.96. The van der Waals surface area contributed by atoms with E-state index in [0.717, 1.165) is 13.1 Å². The van der Waals surface area contributed by atoms with Gasteiger partial charge in [0.15, 0.2) is 5.82 Å². The number of nitrogens with zero attached hydrogens (tertiary/aromatic N) is 3. The minimum Gasteiger partial charge on any atom is -0.355 e. The Hall–Kier alpha value is -1.43. The van der Waals surface area contributed by atoms with Crippen LogP contribution in [0.4, 0.5) is 10.3 Å². The van der Waals surface area contributed by atoms with Crippen LogP contribution in [0.1, 0.15) is 13.8 Å². The van der Waals surface area contributed by atoms with E-state index in [-0.39, 0.29) is 5.82 Å². The zero-order chi connectivity index (χ0) is 13.1. The molecule has 1 aromatic carbocycles. The van der Waals surface area contributed by atoms with Crippen molar-refractivity contribution >= 4 is 21.9 Å². The quantitative estimate of drug-likeness (QED) is 0.942. The Labute approximate surface area is 113 Å². The summed E-state index contributed by atoms with van der Waals surface area (Å²) in [5, 5.41) is 11.3. The second kappa shape index (κ2) is 5.48. The van der Waals surface area contributed by atoms with Gasteiger partial charge in [0.2, 0.25) is 5.95 Å². The molecule has 2 rings (SSSR count). The van der Waals surface area contributed by atoms with Gasteiger partial charge in [0.25, 0.3) is 0 Å². The van der Waals surface area contributed by atoms with E-state index in [2.05, 4.69) is 31.4 Å². The smallest absolute Gasteiger partial charge is 0.224 e. The first-order valence-electron chi connectivity index (χ1n) is 5.79. The standard InChI is InChI=1S/C12H14BrFN4/c1-3-15-12-17-16-11(18(12)4-2)8-5-9(13)7-10(14)6-8/h5-7H,3-4H2,1-2H3,(H,15,17). The molecule has 0 aliphatic carbocycles. The highest BCUT2D eigenvalue weighted by Crippen LogP contribution is 2.25. The maximum absolute atomic E-state index is 13.4. The van der Waals surface area contributed by atoms with E-state index in [4.69, 9.17) is 0 Å². The van der Waals surface area contributed by atoms with Gasteiger partial charge in [0.1, 0.15) is 5.82 Å². The van der Waals surface area contributed by atoms with E-state index in [0.29, 0.717) is 21.8 Å². The molecule has 0 aliphatic heterocycles. The van der Waals surface area contributed by atoms with Gasteiger partial charge in [-0.25, -0.2) is 4.39 Å². The molecule has 0 spiro atoms. The minimum absolute atomic E-state index is 0.296. The first-order chi connectivity index (χ1) is 8.65. The van der Waals surface area contributed by atoms with Gasteiger partial charge in [0, 0.05) is 23.1 Å². The Morgan fingerprint density at radius 3 is 2.67 bits per heavy atom. The molecule has 4 nitrogen and oxygen atoms in total. The summed E-state index contributed by atoms with van der Waals surface area (Å²) in [4.78, 5) is 0. The molecule has 0 fully saturated rings. The van der Waals surface area contributed by atoms with E-state index in [1.807, 2.05) is 24.5 Å². The highest BCUT2D eigenvalue weighted by Gasteiger charge is 2.13. The Morgan fingerprint density at radius 1 is 1.28 bits per heavy atom. The van der Waals surface area contributed by atoms with E-state index < -0.39 is 0 Å². The van der Waals surface area contributed by atoms with Gasteiger partial charge in [-0.1, -0.05) is 15.9 Å². The first-order valence-corrected chi connectivity index (χ1v) is 6.58. The van der Waals surface area contributed by atoms with Crippen molar-refractivity contribution in [2.45, 2.75) is 20.4 Å². The summed E-state index contributed by atoms with van der Waals surface area (Å²) in [5.41, 5.74) is 0.709. The fourth-order valence-corrected chi connectivity index (χ4v) is 2.25. The number of nitrogens with one attached hydrogen (secondary N) is 1. The number of anilines is 1. The van der Waals surface area contributed by atoms with Crippen molar-refractivity contribution in [2.75, 3.05) is 11.9 Å². The number of benzene rings is 1. The van der Waals surface area contributed by atoms with Crippen LogP contribution in [0.3, 0.4) is 0 Å². The van der Waals surface area contributed by atoms with Gasteiger partial charge in [-0.05, 0) is 32.0 Å². The molecule has 0 saturated carbocycles. The van der Waals surface area contributed by atoms with E-state index in [1.165, 1.54) is 12.1 Å². The van der Waals surface area contributed by atoms with Gasteiger partial charge in [0.05, 0.1) is 0 Å². The topological polar surface area (TPSA) is 42.7 Å². The summed E-state index contributed by atoms with van der Waals surface area (Å²) in [6, 6.07) is 4.70. The van der Waals surface area contributed by atoms with Crippen LogP contribution in [0.25, 0.3) is 11.4 Å². The van der Waals surface area contributed by atoms with Crippen LogP contribution in [-0.2, 0) is 6.54 Å². The monoisotopic (exact) mass is 312 g/mol. The molecule has 0 atom stereocenters. The van der Waals surface area contributed by atoms with Crippen LogP contribution in [0, 0.1) is 5.82 Å². The maximum Gasteiger partial charge on any atom is 0.224 e. The predicted octanol–water partition coefficient (Wildman–Crippen LogP) is 3.30.